The Morgan fingerprint density at radius 1 is 0.750 bits per heavy atom. The van der Waals surface area contributed by atoms with Crippen molar-refractivity contribution in [3.63, 3.8) is 0 Å². The quantitative estimate of drug-likeness (QED) is 0.444. The van der Waals surface area contributed by atoms with Crippen molar-refractivity contribution >= 4 is 0 Å². The zero-order valence-electron chi connectivity index (χ0n) is 14.6. The van der Waals surface area contributed by atoms with Gasteiger partial charge in [0.1, 0.15) is 0 Å². The monoisotopic (exact) mass is 324 g/mol. The fourth-order valence-corrected chi connectivity index (χ4v) is 1.89. The first kappa shape index (κ1) is 19.9. The maximum absolute atomic E-state index is 5.43. The Morgan fingerprint density at radius 2 is 1.25 bits per heavy atom. The van der Waals surface area contributed by atoms with Crippen LogP contribution in [0, 0.1) is 0 Å². The first-order chi connectivity index (χ1) is 11.9. The lowest BCUT2D eigenvalue weighted by Gasteiger charge is -2.00. The third-order valence-electron chi connectivity index (χ3n) is 3.08. The highest BCUT2D eigenvalue weighted by Crippen LogP contribution is 2.00. The van der Waals surface area contributed by atoms with Gasteiger partial charge in [0, 0.05) is 0 Å². The lowest BCUT2D eigenvalue weighted by Crippen LogP contribution is -1.91. The second kappa shape index (κ2) is 14.4. The summed E-state index contributed by atoms with van der Waals surface area (Å²) in [6.45, 7) is 8.39. The molecule has 0 atom stereocenters. The first-order valence-electron chi connectivity index (χ1n) is 8.36. The molecule has 0 aromatic heterocycles. The van der Waals surface area contributed by atoms with Crippen LogP contribution in [0.15, 0.2) is 85.5 Å². The lowest BCUT2D eigenvalue weighted by molar-refractivity contribution is 0.148. The molecule has 0 aliphatic carbocycles. The van der Waals surface area contributed by atoms with Gasteiger partial charge in [0.2, 0.25) is 0 Å². The van der Waals surface area contributed by atoms with Gasteiger partial charge in [-0.15, -0.1) is 6.58 Å². The van der Waals surface area contributed by atoms with Crippen molar-refractivity contribution in [3.05, 3.63) is 96.6 Å². The molecule has 0 heterocycles. The Morgan fingerprint density at radius 3 is 1.71 bits per heavy atom. The molecular weight excluding hydrogens is 296 g/mol. The van der Waals surface area contributed by atoms with E-state index in [2.05, 4.69) is 37.8 Å². The molecule has 2 aromatic carbocycles. The van der Waals surface area contributed by atoms with Crippen molar-refractivity contribution < 1.29 is 9.47 Å². The lowest BCUT2D eigenvalue weighted by atomic mass is 10.2. The number of hydrogen-bond donors (Lipinski definition) is 0. The highest BCUT2D eigenvalue weighted by molar-refractivity contribution is 5.14. The molecule has 2 nitrogen and oxygen atoms in total. The van der Waals surface area contributed by atoms with Crippen LogP contribution in [-0.2, 0) is 22.7 Å². The summed E-state index contributed by atoms with van der Waals surface area (Å²) in [4.78, 5) is 0. The Hall–Kier alpha value is -2.16. The van der Waals surface area contributed by atoms with E-state index in [-0.39, 0.29) is 0 Å². The van der Waals surface area contributed by atoms with Crippen molar-refractivity contribution in [2.75, 3.05) is 13.2 Å². The zero-order valence-corrected chi connectivity index (χ0v) is 14.6. The summed E-state index contributed by atoms with van der Waals surface area (Å²) in [6.07, 6.45) is 7.01. The standard InChI is InChI=1S/C12H16O.C10H12O/c1-2-3-7-10-13-11-12-8-5-4-6-9-12;1-2-8-11-9-10-6-4-3-5-7-10/h3-9H,2,10-11H2,1H3;2-7H,1,8-9H2. The Balaban J connectivity index is 0.000000243. The van der Waals surface area contributed by atoms with Gasteiger partial charge in [0.05, 0.1) is 26.4 Å². The van der Waals surface area contributed by atoms with Gasteiger partial charge in [-0.05, 0) is 17.5 Å². The molecule has 128 valence electrons. The van der Waals surface area contributed by atoms with E-state index in [0.29, 0.717) is 26.4 Å². The normalized spacial score (nSPS) is 10.2. The summed E-state index contributed by atoms with van der Waals surface area (Å²) in [5.74, 6) is 0. The minimum Gasteiger partial charge on any atom is -0.373 e. The summed E-state index contributed by atoms with van der Waals surface area (Å²) in [7, 11) is 0. The maximum atomic E-state index is 5.43. The minimum absolute atomic E-state index is 0.620. The van der Waals surface area contributed by atoms with E-state index < -0.39 is 0 Å². The molecule has 24 heavy (non-hydrogen) atoms. The van der Waals surface area contributed by atoms with Gasteiger partial charge in [0.25, 0.3) is 0 Å². The van der Waals surface area contributed by atoms with Crippen LogP contribution in [0.25, 0.3) is 0 Å². The summed E-state index contributed by atoms with van der Waals surface area (Å²) < 4.78 is 10.7. The first-order valence-corrected chi connectivity index (χ1v) is 8.36. The number of allylic oxidation sites excluding steroid dienone is 1. The van der Waals surface area contributed by atoms with Crippen molar-refractivity contribution in [1.82, 2.24) is 0 Å². The Bertz CT molecular complexity index is 547. The van der Waals surface area contributed by atoms with E-state index >= 15 is 0 Å². The van der Waals surface area contributed by atoms with E-state index in [1.807, 2.05) is 48.5 Å². The SMILES string of the molecule is C=CCOCc1ccccc1.CCC=CCOCc1ccccc1. The van der Waals surface area contributed by atoms with Crippen LogP contribution in [0.2, 0.25) is 0 Å². The zero-order chi connectivity index (χ0) is 17.3. The smallest absolute Gasteiger partial charge is 0.0721 e. The number of ether oxygens (including phenoxy) is 2. The van der Waals surface area contributed by atoms with Gasteiger partial charge in [-0.25, -0.2) is 0 Å². The molecule has 0 N–H and O–H groups in total. The van der Waals surface area contributed by atoms with Gasteiger partial charge in [-0.3, -0.25) is 0 Å². The third kappa shape index (κ3) is 10.5. The van der Waals surface area contributed by atoms with Gasteiger partial charge < -0.3 is 9.47 Å². The van der Waals surface area contributed by atoms with Crippen LogP contribution >= 0.6 is 0 Å². The largest absolute Gasteiger partial charge is 0.373 e. The van der Waals surface area contributed by atoms with Crippen molar-refractivity contribution in [2.24, 2.45) is 0 Å². The molecule has 0 saturated heterocycles. The average Bonchev–Trinajstić information content (AvgIpc) is 2.64. The topological polar surface area (TPSA) is 18.5 Å². The Labute approximate surface area is 146 Å². The number of rotatable bonds is 9. The molecule has 0 radical (unpaired) electrons. The molecule has 2 heteroatoms. The van der Waals surface area contributed by atoms with Crippen molar-refractivity contribution in [3.8, 4) is 0 Å². The third-order valence-corrected chi connectivity index (χ3v) is 3.08. The van der Waals surface area contributed by atoms with E-state index in [9.17, 15) is 0 Å². The fraction of sp³-hybridized carbons (Fsp3) is 0.273. The van der Waals surface area contributed by atoms with Crippen molar-refractivity contribution in [2.45, 2.75) is 26.6 Å². The molecule has 2 aromatic rings. The maximum Gasteiger partial charge on any atom is 0.0721 e. The van der Waals surface area contributed by atoms with Crippen LogP contribution in [0.1, 0.15) is 24.5 Å². The molecule has 0 fully saturated rings. The second-order valence-electron chi connectivity index (χ2n) is 5.17. The minimum atomic E-state index is 0.620. The van der Waals surface area contributed by atoms with Crippen LogP contribution in [0.3, 0.4) is 0 Å². The summed E-state index contributed by atoms with van der Waals surface area (Å²) >= 11 is 0. The number of benzene rings is 2. The van der Waals surface area contributed by atoms with E-state index in [1.165, 1.54) is 11.1 Å². The summed E-state index contributed by atoms with van der Waals surface area (Å²) in [5.41, 5.74) is 2.43. The van der Waals surface area contributed by atoms with Gasteiger partial charge in [-0.2, -0.15) is 0 Å². The molecule has 0 spiro atoms. The van der Waals surface area contributed by atoms with Gasteiger partial charge >= 0.3 is 0 Å². The second-order valence-corrected chi connectivity index (χ2v) is 5.17. The highest BCUT2D eigenvalue weighted by Gasteiger charge is 1.88. The van der Waals surface area contributed by atoms with Crippen molar-refractivity contribution in [1.29, 1.82) is 0 Å². The van der Waals surface area contributed by atoms with Crippen LogP contribution < -0.4 is 0 Å². The fourth-order valence-electron chi connectivity index (χ4n) is 1.89. The molecule has 0 aliphatic rings. The summed E-state index contributed by atoms with van der Waals surface area (Å²) in [5, 5.41) is 0. The molecule has 2 rings (SSSR count). The highest BCUT2D eigenvalue weighted by atomic mass is 16.5. The molecule has 0 saturated carbocycles. The van der Waals surface area contributed by atoms with Gasteiger partial charge in [-0.1, -0.05) is 85.8 Å². The molecule has 0 amide bonds. The van der Waals surface area contributed by atoms with E-state index in [0.717, 1.165) is 6.42 Å². The average molecular weight is 324 g/mol. The molecule has 0 aliphatic heterocycles. The van der Waals surface area contributed by atoms with Crippen LogP contribution in [0.4, 0.5) is 0 Å². The Kier molecular flexibility index (Phi) is 12.0. The van der Waals surface area contributed by atoms with E-state index in [1.54, 1.807) is 6.08 Å². The molecule has 0 unspecified atom stereocenters. The van der Waals surface area contributed by atoms with E-state index in [4.69, 9.17) is 9.47 Å². The number of hydrogen-bond acceptors (Lipinski definition) is 2. The van der Waals surface area contributed by atoms with Crippen LogP contribution in [0.5, 0.6) is 0 Å². The molecule has 0 bridgehead atoms. The summed E-state index contributed by atoms with van der Waals surface area (Å²) in [6, 6.07) is 20.3. The predicted molar refractivity (Wildman–Crippen MR) is 102 cm³/mol. The van der Waals surface area contributed by atoms with Crippen LogP contribution in [-0.4, -0.2) is 13.2 Å². The predicted octanol–water partition coefficient (Wildman–Crippen LogP) is 5.56. The molecular formula is C22H28O2. The van der Waals surface area contributed by atoms with Gasteiger partial charge in [0.15, 0.2) is 0 Å².